The average molecular weight is 248 g/mol. The summed E-state index contributed by atoms with van der Waals surface area (Å²) in [5.41, 5.74) is 0. The van der Waals surface area contributed by atoms with Crippen molar-refractivity contribution in [2.24, 2.45) is 5.92 Å². The molecule has 1 atom stereocenters. The Balaban J connectivity index is 4.29. The molecule has 1 amide bonds. The first-order valence-electron chi connectivity index (χ1n) is 6.55. The molecule has 1 unspecified atom stereocenters. The molecule has 0 rings (SSSR count). The fraction of sp³-hybridized carbons (Fsp3) is 0.923. The zero-order chi connectivity index (χ0) is 12.4. The van der Waals surface area contributed by atoms with Gasteiger partial charge in [-0.25, -0.2) is 0 Å². The average Bonchev–Trinajstić information content (AvgIpc) is 2.29. The first-order valence-corrected chi connectivity index (χ1v) is 7.09. The van der Waals surface area contributed by atoms with Crippen molar-refractivity contribution in [1.82, 2.24) is 4.90 Å². The summed E-state index contributed by atoms with van der Waals surface area (Å²) in [4.78, 5) is 14.2. The molecule has 2 nitrogen and oxygen atoms in total. The van der Waals surface area contributed by atoms with E-state index in [1.54, 1.807) is 0 Å². The molecular formula is C13H26ClNO. The van der Waals surface area contributed by atoms with Crippen LogP contribution in [0.4, 0.5) is 0 Å². The predicted molar refractivity (Wildman–Crippen MR) is 70.9 cm³/mol. The number of nitrogens with zero attached hydrogens (tertiary/aromatic N) is 1. The van der Waals surface area contributed by atoms with Crippen molar-refractivity contribution in [3.05, 3.63) is 0 Å². The molecule has 3 heteroatoms. The lowest BCUT2D eigenvalue weighted by atomic mass is 9.97. The van der Waals surface area contributed by atoms with Crippen LogP contribution in [0.1, 0.15) is 52.9 Å². The molecule has 16 heavy (non-hydrogen) atoms. The van der Waals surface area contributed by atoms with Crippen molar-refractivity contribution in [3.8, 4) is 0 Å². The van der Waals surface area contributed by atoms with Crippen molar-refractivity contribution in [2.75, 3.05) is 19.0 Å². The molecule has 0 N–H and O–H groups in total. The molecule has 0 aliphatic carbocycles. The van der Waals surface area contributed by atoms with Crippen LogP contribution in [0.5, 0.6) is 0 Å². The SMILES string of the molecule is CCCCC(CC)C(=O)N(CCC)CCCl. The van der Waals surface area contributed by atoms with Crippen LogP contribution >= 0.6 is 11.6 Å². The summed E-state index contributed by atoms with van der Waals surface area (Å²) in [6, 6.07) is 0. The summed E-state index contributed by atoms with van der Waals surface area (Å²) in [5.74, 6) is 1.05. The van der Waals surface area contributed by atoms with Gasteiger partial charge in [-0.3, -0.25) is 4.79 Å². The number of hydrogen-bond donors (Lipinski definition) is 0. The van der Waals surface area contributed by atoms with Crippen molar-refractivity contribution in [3.63, 3.8) is 0 Å². The van der Waals surface area contributed by atoms with E-state index in [9.17, 15) is 4.79 Å². The van der Waals surface area contributed by atoms with Crippen LogP contribution in [0.2, 0.25) is 0 Å². The maximum atomic E-state index is 12.2. The van der Waals surface area contributed by atoms with Crippen molar-refractivity contribution >= 4 is 17.5 Å². The molecule has 0 aliphatic heterocycles. The lowest BCUT2D eigenvalue weighted by Gasteiger charge is -2.26. The summed E-state index contributed by atoms with van der Waals surface area (Å²) >= 11 is 5.73. The molecule has 0 spiro atoms. The molecule has 0 aromatic carbocycles. The van der Waals surface area contributed by atoms with Gasteiger partial charge in [-0.15, -0.1) is 11.6 Å². The number of carbonyl (C=O) groups is 1. The van der Waals surface area contributed by atoms with Crippen molar-refractivity contribution < 1.29 is 4.79 Å². The van der Waals surface area contributed by atoms with Crippen LogP contribution in [0.25, 0.3) is 0 Å². The molecule has 0 bridgehead atoms. The summed E-state index contributed by atoms with van der Waals surface area (Å²) in [7, 11) is 0. The molecule has 0 aliphatic rings. The molecule has 96 valence electrons. The molecule has 0 saturated heterocycles. The van der Waals surface area contributed by atoms with E-state index in [1.807, 2.05) is 4.90 Å². The largest absolute Gasteiger partial charge is 0.341 e. The van der Waals surface area contributed by atoms with Crippen LogP contribution in [-0.4, -0.2) is 29.8 Å². The molecule has 0 radical (unpaired) electrons. The quantitative estimate of drug-likeness (QED) is 0.569. The highest BCUT2D eigenvalue weighted by molar-refractivity contribution is 6.18. The van der Waals surface area contributed by atoms with Gasteiger partial charge in [-0.1, -0.05) is 33.6 Å². The van der Waals surface area contributed by atoms with Gasteiger partial charge in [0.05, 0.1) is 0 Å². The van der Waals surface area contributed by atoms with Crippen LogP contribution in [0.15, 0.2) is 0 Å². The van der Waals surface area contributed by atoms with Gasteiger partial charge in [0.1, 0.15) is 0 Å². The fourth-order valence-corrected chi connectivity index (χ4v) is 2.12. The van der Waals surface area contributed by atoms with Gasteiger partial charge in [-0.05, 0) is 19.3 Å². The minimum Gasteiger partial charge on any atom is -0.341 e. The molecule has 0 aromatic rings. The number of unbranched alkanes of at least 4 members (excludes halogenated alkanes) is 1. The Morgan fingerprint density at radius 2 is 1.88 bits per heavy atom. The van der Waals surface area contributed by atoms with Gasteiger partial charge < -0.3 is 4.90 Å². The smallest absolute Gasteiger partial charge is 0.225 e. The first kappa shape index (κ1) is 15.8. The summed E-state index contributed by atoms with van der Waals surface area (Å²) < 4.78 is 0. The summed E-state index contributed by atoms with van der Waals surface area (Å²) in [5, 5.41) is 0. The second-order valence-corrected chi connectivity index (χ2v) is 4.64. The molecule has 0 fully saturated rings. The fourth-order valence-electron chi connectivity index (χ4n) is 1.92. The number of hydrogen-bond acceptors (Lipinski definition) is 1. The number of rotatable bonds is 9. The van der Waals surface area contributed by atoms with Crippen molar-refractivity contribution in [2.45, 2.75) is 52.9 Å². The van der Waals surface area contributed by atoms with Gasteiger partial charge in [-0.2, -0.15) is 0 Å². The van der Waals surface area contributed by atoms with Crippen molar-refractivity contribution in [1.29, 1.82) is 0 Å². The zero-order valence-corrected chi connectivity index (χ0v) is 11.7. The topological polar surface area (TPSA) is 20.3 Å². The van der Waals surface area contributed by atoms with E-state index in [1.165, 1.54) is 0 Å². The van der Waals surface area contributed by atoms with Gasteiger partial charge >= 0.3 is 0 Å². The molecule has 0 aromatic heterocycles. The maximum Gasteiger partial charge on any atom is 0.225 e. The first-order chi connectivity index (χ1) is 7.71. The van der Waals surface area contributed by atoms with E-state index >= 15 is 0 Å². The zero-order valence-electron chi connectivity index (χ0n) is 11.0. The van der Waals surface area contributed by atoms with E-state index in [-0.39, 0.29) is 5.92 Å². The van der Waals surface area contributed by atoms with Crippen LogP contribution < -0.4 is 0 Å². The monoisotopic (exact) mass is 247 g/mol. The summed E-state index contributed by atoms with van der Waals surface area (Å²) in [6.45, 7) is 7.90. The Labute approximate surface area is 105 Å². The number of amides is 1. The number of halogens is 1. The molecule has 0 heterocycles. The Hall–Kier alpha value is -0.240. The third-order valence-corrected chi connectivity index (χ3v) is 3.08. The Bertz CT molecular complexity index is 179. The van der Waals surface area contributed by atoms with Gasteiger partial charge in [0.2, 0.25) is 5.91 Å². The van der Waals surface area contributed by atoms with E-state index in [0.29, 0.717) is 18.3 Å². The Morgan fingerprint density at radius 1 is 1.19 bits per heavy atom. The Morgan fingerprint density at radius 3 is 2.31 bits per heavy atom. The molecular weight excluding hydrogens is 222 g/mol. The van der Waals surface area contributed by atoms with Crippen LogP contribution in [-0.2, 0) is 4.79 Å². The van der Waals surface area contributed by atoms with Gasteiger partial charge in [0, 0.05) is 24.9 Å². The van der Waals surface area contributed by atoms with Gasteiger partial charge in [0.25, 0.3) is 0 Å². The highest BCUT2D eigenvalue weighted by atomic mass is 35.5. The Kier molecular flexibility index (Phi) is 9.80. The maximum absolute atomic E-state index is 12.2. The second kappa shape index (κ2) is 9.95. The minimum atomic E-state index is 0.203. The minimum absolute atomic E-state index is 0.203. The molecule has 0 saturated carbocycles. The van der Waals surface area contributed by atoms with E-state index in [0.717, 1.165) is 38.6 Å². The van der Waals surface area contributed by atoms with Crippen LogP contribution in [0, 0.1) is 5.92 Å². The number of carbonyl (C=O) groups excluding carboxylic acids is 1. The highest BCUT2D eigenvalue weighted by Gasteiger charge is 2.21. The third-order valence-electron chi connectivity index (χ3n) is 2.91. The van der Waals surface area contributed by atoms with Crippen LogP contribution in [0.3, 0.4) is 0 Å². The lowest BCUT2D eigenvalue weighted by molar-refractivity contribution is -0.135. The van der Waals surface area contributed by atoms with E-state index in [2.05, 4.69) is 20.8 Å². The highest BCUT2D eigenvalue weighted by Crippen LogP contribution is 2.16. The van der Waals surface area contributed by atoms with E-state index < -0.39 is 0 Å². The normalized spacial score (nSPS) is 12.5. The third kappa shape index (κ3) is 5.74. The second-order valence-electron chi connectivity index (χ2n) is 4.26. The standard InChI is InChI=1S/C13H26ClNO/c1-4-7-8-12(6-3)13(16)15(10-5-2)11-9-14/h12H,4-11H2,1-3H3. The lowest BCUT2D eigenvalue weighted by Crippen LogP contribution is -2.38. The number of alkyl halides is 1. The van der Waals surface area contributed by atoms with Gasteiger partial charge in [0.15, 0.2) is 0 Å². The predicted octanol–water partition coefficient (Wildman–Crippen LogP) is 3.68. The summed E-state index contributed by atoms with van der Waals surface area (Å²) in [6.07, 6.45) is 5.28. The van der Waals surface area contributed by atoms with E-state index in [4.69, 9.17) is 11.6 Å².